The molecule has 7 heteroatoms. The minimum absolute atomic E-state index is 0.265. The molecule has 0 aromatic carbocycles. The second-order valence-corrected chi connectivity index (χ2v) is 1.34. The average molecular weight is 170 g/mol. The minimum Gasteiger partial charge on any atom is -0.456 e. The van der Waals surface area contributed by atoms with Crippen molar-refractivity contribution in [2.75, 3.05) is 6.61 Å². The number of rotatable bonds is 0. The molecule has 0 aromatic heterocycles. The molecular formula is C4H4F2O5. The Bertz CT molecular complexity index is 155. The predicted molar refractivity (Wildman–Crippen MR) is 26.5 cm³/mol. The lowest BCUT2D eigenvalue weighted by atomic mass is 10.8. The number of cyclic esters (lactones) is 2. The Morgan fingerprint density at radius 1 is 1.73 bits per heavy atom. The van der Waals surface area contributed by atoms with Crippen molar-refractivity contribution in [3.63, 3.8) is 0 Å². The highest BCUT2D eigenvalue weighted by Crippen LogP contribution is 2.05. The zero-order chi connectivity index (χ0) is 8.85. The maximum atomic E-state index is 11.6. The third-order valence-corrected chi connectivity index (χ3v) is 0.556. The van der Waals surface area contributed by atoms with Crippen LogP contribution in [0.15, 0.2) is 0 Å². The van der Waals surface area contributed by atoms with Gasteiger partial charge in [0.2, 0.25) is 0 Å². The zero-order valence-electron chi connectivity index (χ0n) is 5.12. The molecule has 0 aromatic rings. The fourth-order valence-corrected chi connectivity index (χ4v) is 0.306. The van der Waals surface area contributed by atoms with E-state index in [1.54, 1.807) is 0 Å². The monoisotopic (exact) mass is 170 g/mol. The van der Waals surface area contributed by atoms with E-state index in [1.165, 1.54) is 0 Å². The van der Waals surface area contributed by atoms with Crippen molar-refractivity contribution < 1.29 is 33.0 Å². The van der Waals surface area contributed by atoms with Crippen LogP contribution in [0, 0.1) is 0 Å². The topological polar surface area (TPSA) is 72.8 Å². The van der Waals surface area contributed by atoms with E-state index in [-0.39, 0.29) is 6.61 Å². The Morgan fingerprint density at radius 2 is 2.18 bits per heavy atom. The fourth-order valence-electron chi connectivity index (χ4n) is 0.306. The van der Waals surface area contributed by atoms with Crippen molar-refractivity contribution in [1.29, 1.82) is 0 Å². The first-order valence-corrected chi connectivity index (χ1v) is 2.38. The van der Waals surface area contributed by atoms with E-state index in [0.717, 1.165) is 0 Å². The summed E-state index contributed by atoms with van der Waals surface area (Å²) in [5.41, 5.74) is 0. The van der Waals surface area contributed by atoms with Crippen LogP contribution < -0.4 is 0 Å². The van der Waals surface area contributed by atoms with Crippen LogP contribution in [-0.4, -0.2) is 30.4 Å². The number of carbonyl (C=O) groups is 2. The van der Waals surface area contributed by atoms with Crippen LogP contribution in [0.2, 0.25) is 0 Å². The van der Waals surface area contributed by atoms with Crippen molar-refractivity contribution in [2.24, 2.45) is 0 Å². The number of carbonyl (C=O) groups excluding carboxylic acids is 1. The molecule has 0 radical (unpaired) electrons. The molecule has 0 bridgehead atoms. The molecule has 1 atom stereocenters. The van der Waals surface area contributed by atoms with Crippen molar-refractivity contribution in [1.82, 2.24) is 0 Å². The largest absolute Gasteiger partial charge is 0.511 e. The highest BCUT2D eigenvalue weighted by Gasteiger charge is 2.23. The predicted octanol–water partition coefficient (Wildman–Crippen LogP) is 1.08. The van der Waals surface area contributed by atoms with E-state index in [2.05, 4.69) is 9.47 Å². The van der Waals surface area contributed by atoms with Crippen LogP contribution in [0.25, 0.3) is 0 Å². The van der Waals surface area contributed by atoms with Gasteiger partial charge >= 0.3 is 12.4 Å². The van der Waals surface area contributed by atoms with Crippen LogP contribution in [-0.2, 0) is 9.47 Å². The molecule has 1 saturated heterocycles. The number of carboxylic acid groups (broad SMARTS) is 1. The van der Waals surface area contributed by atoms with E-state index >= 15 is 0 Å². The Hall–Kier alpha value is -1.40. The Morgan fingerprint density at radius 3 is 2.27 bits per heavy atom. The van der Waals surface area contributed by atoms with Crippen molar-refractivity contribution in [3.8, 4) is 0 Å². The second-order valence-electron chi connectivity index (χ2n) is 1.34. The molecule has 1 aliphatic heterocycles. The lowest BCUT2D eigenvalue weighted by molar-refractivity contribution is 0.0572. The van der Waals surface area contributed by atoms with Crippen molar-refractivity contribution in [3.05, 3.63) is 0 Å². The highest BCUT2D eigenvalue weighted by molar-refractivity contribution is 5.61. The summed E-state index contributed by atoms with van der Waals surface area (Å²) in [6.45, 7) is -0.265. The van der Waals surface area contributed by atoms with Gasteiger partial charge in [0, 0.05) is 0 Å². The molecule has 0 saturated carbocycles. The summed E-state index contributed by atoms with van der Waals surface area (Å²) in [7, 11) is 0. The maximum Gasteiger partial charge on any atom is 0.511 e. The summed E-state index contributed by atoms with van der Waals surface area (Å²) in [5, 5.41) is 6.75. The van der Waals surface area contributed by atoms with Gasteiger partial charge in [0.15, 0.2) is 6.61 Å². The van der Waals surface area contributed by atoms with E-state index in [9.17, 15) is 13.6 Å². The number of hydrogen-bond acceptors (Lipinski definition) is 4. The number of hydrogen-bond donors (Lipinski definition) is 1. The Kier molecular flexibility index (Phi) is 3.86. The van der Waals surface area contributed by atoms with Gasteiger partial charge in [-0.3, -0.25) is 0 Å². The molecule has 0 aliphatic carbocycles. The molecule has 1 rings (SSSR count). The van der Waals surface area contributed by atoms with Gasteiger partial charge in [-0.15, -0.1) is 4.39 Å². The zero-order valence-corrected chi connectivity index (χ0v) is 5.12. The van der Waals surface area contributed by atoms with Crippen LogP contribution in [0.5, 0.6) is 0 Å². The van der Waals surface area contributed by atoms with E-state index in [1.807, 2.05) is 0 Å². The average Bonchev–Trinajstić information content (AvgIpc) is 2.13. The highest BCUT2D eigenvalue weighted by atomic mass is 19.1. The summed E-state index contributed by atoms with van der Waals surface area (Å²) in [6, 6.07) is 0. The first-order chi connectivity index (χ1) is 5.02. The quantitative estimate of drug-likeness (QED) is 0.435. The molecule has 5 nitrogen and oxygen atoms in total. The van der Waals surface area contributed by atoms with Gasteiger partial charge in [0.1, 0.15) is 0 Å². The van der Waals surface area contributed by atoms with Crippen LogP contribution >= 0.6 is 0 Å². The SMILES string of the molecule is O=C(O)F.O=C1OCC(F)O1. The standard InChI is InChI=1S/C3H3FO3.CHFO2/c4-2-1-6-3(5)7-2;2-1(3)4/h2H,1H2;(H,3,4). The molecule has 64 valence electrons. The summed E-state index contributed by atoms with van der Waals surface area (Å²) in [4.78, 5) is 18.1. The molecule has 0 spiro atoms. The second kappa shape index (κ2) is 4.42. The molecule has 1 N–H and O–H groups in total. The van der Waals surface area contributed by atoms with Crippen LogP contribution in [0.4, 0.5) is 18.4 Å². The number of halogens is 2. The van der Waals surface area contributed by atoms with Gasteiger partial charge < -0.3 is 14.6 Å². The van der Waals surface area contributed by atoms with Crippen LogP contribution in [0.1, 0.15) is 0 Å². The van der Waals surface area contributed by atoms with Crippen molar-refractivity contribution >= 4 is 12.4 Å². The molecule has 1 aliphatic rings. The lowest BCUT2D eigenvalue weighted by Gasteiger charge is -1.85. The summed E-state index contributed by atoms with van der Waals surface area (Å²) in [5.74, 6) is 0. The number of alkyl halides is 1. The Balaban J connectivity index is 0.000000218. The van der Waals surface area contributed by atoms with Gasteiger partial charge in [0.05, 0.1) is 0 Å². The molecule has 11 heavy (non-hydrogen) atoms. The van der Waals surface area contributed by atoms with E-state index < -0.39 is 18.7 Å². The van der Waals surface area contributed by atoms with Gasteiger partial charge in [0.25, 0.3) is 6.36 Å². The molecule has 1 heterocycles. The molecule has 0 amide bonds. The first kappa shape index (κ1) is 9.60. The van der Waals surface area contributed by atoms with Gasteiger partial charge in [-0.1, -0.05) is 0 Å². The number of ether oxygens (including phenoxy) is 2. The fraction of sp³-hybridized carbons (Fsp3) is 0.500. The van der Waals surface area contributed by atoms with Gasteiger partial charge in [-0.2, -0.15) is 4.39 Å². The maximum absolute atomic E-state index is 11.6. The van der Waals surface area contributed by atoms with Crippen LogP contribution in [0.3, 0.4) is 0 Å². The van der Waals surface area contributed by atoms with Crippen molar-refractivity contribution in [2.45, 2.75) is 6.36 Å². The van der Waals surface area contributed by atoms with Gasteiger partial charge in [-0.05, 0) is 0 Å². The molecule has 1 fully saturated rings. The first-order valence-electron chi connectivity index (χ1n) is 2.38. The third-order valence-electron chi connectivity index (χ3n) is 0.556. The third kappa shape index (κ3) is 6.49. The smallest absolute Gasteiger partial charge is 0.456 e. The molecule has 1 unspecified atom stereocenters. The van der Waals surface area contributed by atoms with E-state index in [4.69, 9.17) is 9.90 Å². The lowest BCUT2D eigenvalue weighted by Crippen LogP contribution is -1.98. The minimum atomic E-state index is -2.33. The summed E-state index contributed by atoms with van der Waals surface area (Å²) < 4.78 is 29.4. The summed E-state index contributed by atoms with van der Waals surface area (Å²) in [6.07, 6.45) is -4.81. The normalized spacial score (nSPS) is 20.9. The van der Waals surface area contributed by atoms with E-state index in [0.29, 0.717) is 0 Å². The summed E-state index contributed by atoms with van der Waals surface area (Å²) >= 11 is 0. The van der Waals surface area contributed by atoms with Gasteiger partial charge in [-0.25, -0.2) is 9.59 Å². The molecular weight excluding hydrogens is 166 g/mol. The Labute approximate surface area is 59.5 Å².